The fraction of sp³-hybridized carbons (Fsp3) is 0.0588. The monoisotopic (exact) mass is 277 g/mol. The highest BCUT2D eigenvalue weighted by molar-refractivity contribution is 5.95. The lowest BCUT2D eigenvalue weighted by Gasteiger charge is -2.12. The van der Waals surface area contributed by atoms with Crippen molar-refractivity contribution in [1.29, 1.82) is 5.26 Å². The van der Waals surface area contributed by atoms with E-state index < -0.39 is 0 Å². The smallest absolute Gasteiger partial charge is 0.146 e. The summed E-state index contributed by atoms with van der Waals surface area (Å²) in [6.07, 6.45) is 1.50. The number of aromatic nitrogens is 1. The summed E-state index contributed by atoms with van der Waals surface area (Å²) < 4.78 is 13.9. The number of pyridine rings is 1. The van der Waals surface area contributed by atoms with Crippen LogP contribution < -0.4 is 5.32 Å². The fourth-order valence-corrected chi connectivity index (χ4v) is 2.23. The van der Waals surface area contributed by atoms with Crippen LogP contribution in [0.4, 0.5) is 15.8 Å². The van der Waals surface area contributed by atoms with Crippen LogP contribution in [0, 0.1) is 24.1 Å². The van der Waals surface area contributed by atoms with Gasteiger partial charge in [-0.1, -0.05) is 24.3 Å². The third-order valence-corrected chi connectivity index (χ3v) is 3.28. The van der Waals surface area contributed by atoms with E-state index in [1.165, 1.54) is 12.3 Å². The summed E-state index contributed by atoms with van der Waals surface area (Å²) in [6, 6.07) is 14.4. The fourth-order valence-electron chi connectivity index (χ4n) is 2.23. The second-order valence-corrected chi connectivity index (χ2v) is 4.78. The van der Waals surface area contributed by atoms with Crippen molar-refractivity contribution in [2.75, 3.05) is 5.32 Å². The molecule has 0 radical (unpaired) electrons. The highest BCUT2D eigenvalue weighted by Gasteiger charge is 2.11. The molecule has 1 aromatic heterocycles. The molecule has 1 heterocycles. The van der Waals surface area contributed by atoms with Gasteiger partial charge in [-0.2, -0.15) is 5.26 Å². The number of benzene rings is 2. The van der Waals surface area contributed by atoms with Crippen LogP contribution in [0.2, 0.25) is 0 Å². The lowest BCUT2D eigenvalue weighted by molar-refractivity contribution is 0.631. The lowest BCUT2D eigenvalue weighted by Crippen LogP contribution is -1.99. The molecule has 0 atom stereocenters. The van der Waals surface area contributed by atoms with Gasteiger partial charge < -0.3 is 5.32 Å². The largest absolute Gasteiger partial charge is 0.351 e. The van der Waals surface area contributed by atoms with Crippen LogP contribution in [-0.4, -0.2) is 4.98 Å². The summed E-state index contributed by atoms with van der Waals surface area (Å²) in [5.74, 6) is -0.356. The average molecular weight is 277 g/mol. The summed E-state index contributed by atoms with van der Waals surface area (Å²) in [6.45, 7) is 1.89. The topological polar surface area (TPSA) is 48.7 Å². The van der Waals surface area contributed by atoms with Crippen LogP contribution >= 0.6 is 0 Å². The molecular weight excluding hydrogens is 265 g/mol. The molecule has 0 aliphatic rings. The number of nitrogens with zero attached hydrogens (tertiary/aromatic N) is 2. The van der Waals surface area contributed by atoms with Gasteiger partial charge in [0.15, 0.2) is 0 Å². The van der Waals surface area contributed by atoms with E-state index in [0.717, 1.165) is 16.5 Å². The zero-order valence-corrected chi connectivity index (χ0v) is 11.4. The molecule has 2 aromatic carbocycles. The molecular formula is C17H12FN3. The minimum atomic E-state index is -0.356. The summed E-state index contributed by atoms with van der Waals surface area (Å²) in [5, 5.41) is 13.1. The maximum absolute atomic E-state index is 13.9. The van der Waals surface area contributed by atoms with Crippen molar-refractivity contribution in [3.63, 3.8) is 0 Å². The minimum Gasteiger partial charge on any atom is -0.351 e. The molecule has 4 heteroatoms. The molecule has 0 spiro atoms. The van der Waals surface area contributed by atoms with Crippen LogP contribution in [0.5, 0.6) is 0 Å². The first kappa shape index (κ1) is 13.1. The summed E-state index contributed by atoms with van der Waals surface area (Å²) >= 11 is 0. The molecule has 0 amide bonds. The highest BCUT2D eigenvalue weighted by atomic mass is 19.1. The molecule has 1 N–H and O–H groups in total. The van der Waals surface area contributed by atoms with Crippen molar-refractivity contribution in [3.8, 4) is 6.07 Å². The number of para-hydroxylation sites is 1. The van der Waals surface area contributed by atoms with Gasteiger partial charge in [0.25, 0.3) is 0 Å². The maximum atomic E-state index is 13.9. The minimum absolute atomic E-state index is 0.350. The van der Waals surface area contributed by atoms with Crippen molar-refractivity contribution in [2.45, 2.75) is 6.92 Å². The molecule has 0 aliphatic carbocycles. The number of fused-ring (bicyclic) bond motifs is 1. The Kier molecular flexibility index (Phi) is 3.25. The summed E-state index contributed by atoms with van der Waals surface area (Å²) in [4.78, 5) is 4.24. The Hall–Kier alpha value is -2.93. The Labute approximate surface area is 121 Å². The van der Waals surface area contributed by atoms with Crippen LogP contribution in [0.15, 0.2) is 48.7 Å². The van der Waals surface area contributed by atoms with Gasteiger partial charge in [-0.15, -0.1) is 0 Å². The number of halogens is 1. The van der Waals surface area contributed by atoms with Crippen LogP contribution in [0.1, 0.15) is 11.1 Å². The van der Waals surface area contributed by atoms with Crippen LogP contribution in [0.25, 0.3) is 10.9 Å². The second-order valence-electron chi connectivity index (χ2n) is 4.78. The first-order valence-electron chi connectivity index (χ1n) is 6.50. The van der Waals surface area contributed by atoms with Crippen molar-refractivity contribution in [1.82, 2.24) is 4.98 Å². The molecule has 3 rings (SSSR count). The number of nitriles is 1. The van der Waals surface area contributed by atoms with Crippen molar-refractivity contribution < 1.29 is 4.39 Å². The molecule has 3 aromatic rings. The maximum Gasteiger partial charge on any atom is 0.146 e. The van der Waals surface area contributed by atoms with E-state index in [1.807, 2.05) is 31.2 Å². The Balaban J connectivity index is 2.19. The standard InChI is InChI=1S/C17H12FN3/c1-11-6-7-14(18)16(8-11)21-17-12(9-19)10-20-15-5-3-2-4-13(15)17/h2-8,10H,1H3,(H,20,21). The van der Waals surface area contributed by atoms with Gasteiger partial charge in [0.2, 0.25) is 0 Å². The predicted octanol–water partition coefficient (Wildman–Crippen LogP) is 4.30. The van der Waals surface area contributed by atoms with E-state index in [1.54, 1.807) is 12.1 Å². The van der Waals surface area contributed by atoms with E-state index in [4.69, 9.17) is 0 Å². The number of rotatable bonds is 2. The highest BCUT2D eigenvalue weighted by Crippen LogP contribution is 2.29. The van der Waals surface area contributed by atoms with E-state index in [9.17, 15) is 9.65 Å². The number of hydrogen-bond donors (Lipinski definition) is 1. The zero-order valence-electron chi connectivity index (χ0n) is 11.4. The predicted molar refractivity (Wildman–Crippen MR) is 80.9 cm³/mol. The Morgan fingerprint density at radius 3 is 2.81 bits per heavy atom. The van der Waals surface area contributed by atoms with E-state index >= 15 is 0 Å². The number of nitrogens with one attached hydrogen (secondary N) is 1. The lowest BCUT2D eigenvalue weighted by atomic mass is 10.1. The first-order chi connectivity index (χ1) is 10.2. The molecule has 21 heavy (non-hydrogen) atoms. The first-order valence-corrected chi connectivity index (χ1v) is 6.50. The number of aryl methyl sites for hydroxylation is 1. The summed E-state index contributed by atoms with van der Waals surface area (Å²) in [5.41, 5.74) is 3.01. The van der Waals surface area contributed by atoms with Crippen LogP contribution in [0.3, 0.4) is 0 Å². The quantitative estimate of drug-likeness (QED) is 0.759. The van der Waals surface area contributed by atoms with E-state index in [-0.39, 0.29) is 5.82 Å². The molecule has 102 valence electrons. The molecule has 0 fully saturated rings. The van der Waals surface area contributed by atoms with Gasteiger partial charge >= 0.3 is 0 Å². The van der Waals surface area contributed by atoms with Crippen LogP contribution in [-0.2, 0) is 0 Å². The average Bonchev–Trinajstić information content (AvgIpc) is 2.51. The third kappa shape index (κ3) is 2.41. The molecule has 0 saturated heterocycles. The van der Waals surface area contributed by atoms with Gasteiger partial charge in [0, 0.05) is 11.6 Å². The van der Waals surface area contributed by atoms with E-state index in [2.05, 4.69) is 16.4 Å². The number of hydrogen-bond acceptors (Lipinski definition) is 3. The third-order valence-electron chi connectivity index (χ3n) is 3.28. The van der Waals surface area contributed by atoms with Crippen molar-refractivity contribution in [3.05, 3.63) is 65.6 Å². The van der Waals surface area contributed by atoms with Crippen molar-refractivity contribution >= 4 is 22.3 Å². The Bertz CT molecular complexity index is 866. The molecule has 3 nitrogen and oxygen atoms in total. The summed E-state index contributed by atoms with van der Waals surface area (Å²) in [7, 11) is 0. The second kappa shape index (κ2) is 5.22. The van der Waals surface area contributed by atoms with Gasteiger partial charge in [0.05, 0.1) is 22.5 Å². The molecule has 0 unspecified atom stereocenters. The van der Waals surface area contributed by atoms with Gasteiger partial charge in [-0.3, -0.25) is 4.98 Å². The zero-order chi connectivity index (χ0) is 14.8. The SMILES string of the molecule is Cc1ccc(F)c(Nc2c(C#N)cnc3ccccc23)c1. The molecule has 0 bridgehead atoms. The Morgan fingerprint density at radius 2 is 2.00 bits per heavy atom. The van der Waals surface area contributed by atoms with Crippen molar-refractivity contribution in [2.24, 2.45) is 0 Å². The molecule has 0 saturated carbocycles. The van der Waals surface area contributed by atoms with Gasteiger partial charge in [0.1, 0.15) is 11.9 Å². The van der Waals surface area contributed by atoms with Gasteiger partial charge in [-0.05, 0) is 30.7 Å². The molecule has 0 aliphatic heterocycles. The van der Waals surface area contributed by atoms with E-state index in [0.29, 0.717) is 16.9 Å². The Morgan fingerprint density at radius 1 is 1.19 bits per heavy atom. The van der Waals surface area contributed by atoms with Gasteiger partial charge in [-0.25, -0.2) is 4.39 Å². The normalized spacial score (nSPS) is 10.3. The number of anilines is 2.